The molecule has 2 rings (SSSR count). The Labute approximate surface area is 145 Å². The molecule has 0 aromatic heterocycles. The Bertz CT molecular complexity index is 836. The van der Waals surface area contributed by atoms with Gasteiger partial charge in [-0.05, 0) is 43.3 Å². The fourth-order valence-corrected chi connectivity index (χ4v) is 3.53. The van der Waals surface area contributed by atoms with Crippen LogP contribution in [-0.2, 0) is 19.6 Å². The van der Waals surface area contributed by atoms with Gasteiger partial charge in [0, 0.05) is 6.07 Å². The van der Waals surface area contributed by atoms with Crippen molar-refractivity contribution in [2.24, 2.45) is 0 Å². The number of halogens is 1. The third-order valence-electron chi connectivity index (χ3n) is 3.32. The molecule has 25 heavy (non-hydrogen) atoms. The zero-order valence-electron chi connectivity index (χ0n) is 13.8. The molecular weight excluding hydrogens is 349 g/mol. The van der Waals surface area contributed by atoms with E-state index < -0.39 is 28.4 Å². The van der Waals surface area contributed by atoms with Crippen LogP contribution in [0.25, 0.3) is 0 Å². The maximum atomic E-state index is 13.1. The van der Waals surface area contributed by atoms with Crippen LogP contribution in [0.15, 0.2) is 53.4 Å². The van der Waals surface area contributed by atoms with E-state index in [2.05, 4.69) is 4.74 Å². The van der Waals surface area contributed by atoms with Gasteiger partial charge >= 0.3 is 5.97 Å². The lowest BCUT2D eigenvalue weighted by Gasteiger charge is -2.23. The van der Waals surface area contributed by atoms with Gasteiger partial charge in [-0.2, -0.15) is 0 Å². The first-order valence-electron chi connectivity index (χ1n) is 7.46. The van der Waals surface area contributed by atoms with Gasteiger partial charge in [0.2, 0.25) is 0 Å². The molecule has 0 heterocycles. The zero-order valence-corrected chi connectivity index (χ0v) is 14.6. The largest absolute Gasteiger partial charge is 0.494 e. The molecule has 2 aromatic carbocycles. The fraction of sp³-hybridized carbons (Fsp3) is 0.235. The Hall–Kier alpha value is -2.61. The second kappa shape index (κ2) is 7.98. The highest BCUT2D eigenvalue weighted by atomic mass is 32.2. The number of hydrogen-bond donors (Lipinski definition) is 0. The molecule has 0 bridgehead atoms. The maximum absolute atomic E-state index is 13.1. The number of methoxy groups -OCH3 is 1. The lowest BCUT2D eigenvalue weighted by molar-refractivity contribution is -0.138. The number of anilines is 1. The van der Waals surface area contributed by atoms with Gasteiger partial charge in [-0.25, -0.2) is 12.8 Å². The van der Waals surface area contributed by atoms with E-state index in [1.807, 2.05) is 0 Å². The molecule has 0 unspecified atom stereocenters. The van der Waals surface area contributed by atoms with Crippen LogP contribution in [0, 0.1) is 5.82 Å². The van der Waals surface area contributed by atoms with E-state index in [4.69, 9.17) is 4.74 Å². The van der Waals surface area contributed by atoms with Crippen LogP contribution in [0.4, 0.5) is 10.1 Å². The molecule has 0 saturated heterocycles. The molecule has 0 aliphatic rings. The number of hydrogen-bond acceptors (Lipinski definition) is 5. The summed E-state index contributed by atoms with van der Waals surface area (Å²) in [6.45, 7) is 1.69. The first-order chi connectivity index (χ1) is 11.9. The van der Waals surface area contributed by atoms with Gasteiger partial charge in [0.05, 0.1) is 24.3 Å². The van der Waals surface area contributed by atoms with Crippen LogP contribution in [0.5, 0.6) is 5.75 Å². The minimum absolute atomic E-state index is 0.139. The fourth-order valence-electron chi connectivity index (χ4n) is 2.13. The zero-order chi connectivity index (χ0) is 18.4. The van der Waals surface area contributed by atoms with E-state index in [0.29, 0.717) is 12.4 Å². The summed E-state index contributed by atoms with van der Waals surface area (Å²) < 4.78 is 49.8. The molecule has 6 nitrogen and oxygen atoms in total. The molecule has 2 aromatic rings. The number of carbonyl (C=O) groups excluding carboxylic acids is 1. The van der Waals surface area contributed by atoms with E-state index in [9.17, 15) is 17.6 Å². The average Bonchev–Trinajstić information content (AvgIpc) is 2.60. The van der Waals surface area contributed by atoms with E-state index in [-0.39, 0.29) is 10.6 Å². The molecule has 0 spiro atoms. The van der Waals surface area contributed by atoms with Crippen molar-refractivity contribution < 1.29 is 27.1 Å². The van der Waals surface area contributed by atoms with Crippen LogP contribution in [0.1, 0.15) is 6.92 Å². The number of nitrogens with zero attached hydrogens (tertiary/aromatic N) is 1. The van der Waals surface area contributed by atoms with Crippen LogP contribution >= 0.6 is 0 Å². The standard InChI is InChI=1S/C17H18FNO5S/c1-3-24-15-6-4-5-14(11-15)19(12-17(20)23-2)25(21,22)16-9-7-13(18)8-10-16/h4-11H,3,12H2,1-2H3. The first-order valence-corrected chi connectivity index (χ1v) is 8.90. The normalized spacial score (nSPS) is 11.0. The molecular formula is C17H18FNO5S. The molecule has 0 fully saturated rings. The number of carbonyl (C=O) groups is 1. The van der Waals surface area contributed by atoms with E-state index in [1.165, 1.54) is 19.2 Å². The van der Waals surface area contributed by atoms with Gasteiger partial charge in [-0.3, -0.25) is 9.10 Å². The van der Waals surface area contributed by atoms with Gasteiger partial charge in [0.1, 0.15) is 18.1 Å². The predicted octanol–water partition coefficient (Wildman–Crippen LogP) is 2.59. The molecule has 0 N–H and O–H groups in total. The monoisotopic (exact) mass is 367 g/mol. The van der Waals surface area contributed by atoms with Crippen LogP contribution in [0.2, 0.25) is 0 Å². The van der Waals surface area contributed by atoms with Crippen LogP contribution in [-0.4, -0.2) is 34.6 Å². The van der Waals surface area contributed by atoms with Crippen molar-refractivity contribution in [3.8, 4) is 5.75 Å². The highest BCUT2D eigenvalue weighted by Gasteiger charge is 2.28. The smallest absolute Gasteiger partial charge is 0.326 e. The van der Waals surface area contributed by atoms with Crippen molar-refractivity contribution >= 4 is 21.7 Å². The summed E-state index contributed by atoms with van der Waals surface area (Å²) in [6, 6.07) is 10.7. The minimum Gasteiger partial charge on any atom is -0.494 e. The Morgan fingerprint density at radius 3 is 2.44 bits per heavy atom. The summed E-state index contributed by atoms with van der Waals surface area (Å²) in [4.78, 5) is 11.6. The SMILES string of the molecule is CCOc1cccc(N(CC(=O)OC)S(=O)(=O)c2ccc(F)cc2)c1. The first kappa shape index (κ1) is 18.7. The van der Waals surface area contributed by atoms with Gasteiger partial charge in [-0.1, -0.05) is 6.07 Å². The predicted molar refractivity (Wildman–Crippen MR) is 90.6 cm³/mol. The lowest BCUT2D eigenvalue weighted by Crippen LogP contribution is -2.36. The van der Waals surface area contributed by atoms with Gasteiger partial charge < -0.3 is 9.47 Å². The molecule has 0 radical (unpaired) electrons. The topological polar surface area (TPSA) is 72.9 Å². The highest BCUT2D eigenvalue weighted by Crippen LogP contribution is 2.27. The number of sulfonamides is 1. The van der Waals surface area contributed by atoms with Crippen molar-refractivity contribution in [2.75, 3.05) is 24.6 Å². The second-order valence-corrected chi connectivity index (χ2v) is 6.83. The summed E-state index contributed by atoms with van der Waals surface area (Å²) in [5.74, 6) is -0.825. The third-order valence-corrected chi connectivity index (χ3v) is 5.11. The second-order valence-electron chi connectivity index (χ2n) is 4.97. The molecule has 0 atom stereocenters. The van der Waals surface area contributed by atoms with Crippen LogP contribution < -0.4 is 9.04 Å². The third kappa shape index (κ3) is 4.48. The van der Waals surface area contributed by atoms with Crippen molar-refractivity contribution in [2.45, 2.75) is 11.8 Å². The minimum atomic E-state index is -4.10. The van der Waals surface area contributed by atoms with E-state index in [0.717, 1.165) is 28.6 Å². The molecule has 134 valence electrons. The summed E-state index contributed by atoms with van der Waals surface area (Å²) in [6.07, 6.45) is 0. The van der Waals surface area contributed by atoms with Crippen LogP contribution in [0.3, 0.4) is 0 Å². The Morgan fingerprint density at radius 2 is 1.84 bits per heavy atom. The van der Waals surface area contributed by atoms with E-state index in [1.54, 1.807) is 19.1 Å². The van der Waals surface area contributed by atoms with Gasteiger partial charge in [0.25, 0.3) is 10.0 Å². The highest BCUT2D eigenvalue weighted by molar-refractivity contribution is 7.92. The molecule has 8 heteroatoms. The number of rotatable bonds is 7. The summed E-state index contributed by atoms with van der Waals surface area (Å²) in [5.41, 5.74) is 0.237. The van der Waals surface area contributed by atoms with Crippen molar-refractivity contribution in [3.63, 3.8) is 0 Å². The van der Waals surface area contributed by atoms with E-state index >= 15 is 0 Å². The van der Waals surface area contributed by atoms with Gasteiger partial charge in [0.15, 0.2) is 0 Å². The van der Waals surface area contributed by atoms with Crippen molar-refractivity contribution in [1.29, 1.82) is 0 Å². The molecule has 0 aliphatic heterocycles. The number of benzene rings is 2. The maximum Gasteiger partial charge on any atom is 0.326 e. The Morgan fingerprint density at radius 1 is 1.16 bits per heavy atom. The number of ether oxygens (including phenoxy) is 2. The van der Waals surface area contributed by atoms with Crippen molar-refractivity contribution in [3.05, 3.63) is 54.3 Å². The summed E-state index contributed by atoms with van der Waals surface area (Å²) in [5, 5.41) is 0. The van der Waals surface area contributed by atoms with Crippen molar-refractivity contribution in [1.82, 2.24) is 0 Å². The molecule has 0 amide bonds. The van der Waals surface area contributed by atoms with Gasteiger partial charge in [-0.15, -0.1) is 0 Å². The average molecular weight is 367 g/mol. The number of esters is 1. The summed E-state index contributed by atoms with van der Waals surface area (Å²) in [7, 11) is -2.93. The Kier molecular flexibility index (Phi) is 5.97. The molecule has 0 saturated carbocycles. The summed E-state index contributed by atoms with van der Waals surface area (Å²) >= 11 is 0. The Balaban J connectivity index is 2.50. The molecule has 0 aliphatic carbocycles. The quantitative estimate of drug-likeness (QED) is 0.704. The lowest BCUT2D eigenvalue weighted by atomic mass is 10.3.